The lowest BCUT2D eigenvalue weighted by Crippen LogP contribution is -2.34. The van der Waals surface area contributed by atoms with E-state index in [2.05, 4.69) is 10.4 Å². The number of hydrogen-bond donors (Lipinski definition) is 1. The molecule has 2 aromatic heterocycles. The molecule has 0 saturated carbocycles. The first-order valence-corrected chi connectivity index (χ1v) is 10.8. The number of rotatable bonds is 7. The fourth-order valence-electron chi connectivity index (χ4n) is 3.32. The van der Waals surface area contributed by atoms with Gasteiger partial charge in [0.05, 0.1) is 37.1 Å². The van der Waals surface area contributed by atoms with Gasteiger partial charge in [0.25, 0.3) is 11.5 Å². The van der Waals surface area contributed by atoms with E-state index in [0.29, 0.717) is 39.5 Å². The van der Waals surface area contributed by atoms with Crippen LogP contribution >= 0.6 is 11.3 Å². The minimum Gasteiger partial charge on any atom is -0.493 e. The van der Waals surface area contributed by atoms with E-state index in [1.54, 1.807) is 36.4 Å². The minimum atomic E-state index is -0.499. The van der Waals surface area contributed by atoms with Crippen molar-refractivity contribution >= 4 is 34.2 Å². The lowest BCUT2D eigenvalue weighted by Gasteiger charge is -2.13. The molecule has 4 aromatic rings. The van der Waals surface area contributed by atoms with Crippen LogP contribution in [0.25, 0.3) is 27.7 Å². The summed E-state index contributed by atoms with van der Waals surface area (Å²) in [5.41, 5.74) is 3.50. The van der Waals surface area contributed by atoms with Crippen molar-refractivity contribution in [1.29, 1.82) is 0 Å². The number of thiophene rings is 1. The molecule has 0 aliphatic rings. The quantitative estimate of drug-likeness (QED) is 0.418. The van der Waals surface area contributed by atoms with Gasteiger partial charge in [0.1, 0.15) is 0 Å². The highest BCUT2D eigenvalue weighted by Crippen LogP contribution is 2.38. The molecule has 0 unspecified atom stereocenters. The summed E-state index contributed by atoms with van der Waals surface area (Å²) in [6.45, 7) is 0. The molecule has 2 heterocycles. The van der Waals surface area contributed by atoms with Crippen molar-refractivity contribution in [2.24, 2.45) is 0 Å². The number of fused-ring (bicyclic) bond motifs is 1. The SMILES string of the molecule is COc1cc(C=CC(=O)Nn2c(-c3cccs3)nc3ccccc3c2=O)cc(OC)c1OC. The van der Waals surface area contributed by atoms with Crippen LogP contribution in [0.4, 0.5) is 0 Å². The Hall–Kier alpha value is -4.11. The van der Waals surface area contributed by atoms with Crippen LogP contribution in [0.3, 0.4) is 0 Å². The summed E-state index contributed by atoms with van der Waals surface area (Å²) in [6, 6.07) is 14.1. The molecule has 9 heteroatoms. The summed E-state index contributed by atoms with van der Waals surface area (Å²) in [5.74, 6) is 1.25. The zero-order chi connectivity index (χ0) is 23.4. The molecule has 0 atom stereocenters. The minimum absolute atomic E-state index is 0.362. The Balaban J connectivity index is 1.69. The molecular formula is C24H21N3O5S. The van der Waals surface area contributed by atoms with Crippen molar-refractivity contribution in [2.45, 2.75) is 0 Å². The van der Waals surface area contributed by atoms with Gasteiger partial charge in [0.15, 0.2) is 17.3 Å². The summed E-state index contributed by atoms with van der Waals surface area (Å²) in [6.07, 6.45) is 2.91. The van der Waals surface area contributed by atoms with Gasteiger partial charge >= 0.3 is 0 Å². The van der Waals surface area contributed by atoms with Crippen molar-refractivity contribution in [3.05, 3.63) is 75.9 Å². The highest BCUT2D eigenvalue weighted by molar-refractivity contribution is 7.13. The third kappa shape index (κ3) is 4.44. The second-order valence-corrected chi connectivity index (χ2v) is 7.79. The molecule has 2 aromatic carbocycles. The molecule has 168 valence electrons. The number of carbonyl (C=O) groups is 1. The Morgan fingerprint density at radius 3 is 2.39 bits per heavy atom. The zero-order valence-corrected chi connectivity index (χ0v) is 19.0. The number of nitrogens with zero attached hydrogens (tertiary/aromatic N) is 2. The molecule has 0 spiro atoms. The molecule has 0 saturated heterocycles. The van der Waals surface area contributed by atoms with E-state index in [1.807, 2.05) is 23.6 Å². The van der Waals surface area contributed by atoms with Gasteiger partial charge in [0.2, 0.25) is 5.75 Å². The standard InChI is InChI=1S/C24H21N3O5S/c1-30-18-13-15(14-19(31-2)22(18)32-3)10-11-21(28)26-27-23(20-9-6-12-33-20)25-17-8-5-4-7-16(17)24(27)29/h4-14H,1-3H3,(H,26,28). The van der Waals surface area contributed by atoms with Crippen molar-refractivity contribution in [3.8, 4) is 28.0 Å². The first kappa shape index (κ1) is 22.1. The maximum Gasteiger partial charge on any atom is 0.280 e. The van der Waals surface area contributed by atoms with Crippen molar-refractivity contribution in [1.82, 2.24) is 9.66 Å². The highest BCUT2D eigenvalue weighted by atomic mass is 32.1. The molecule has 0 radical (unpaired) electrons. The molecular weight excluding hydrogens is 442 g/mol. The second kappa shape index (κ2) is 9.58. The predicted octanol–water partition coefficient (Wildman–Crippen LogP) is 3.93. The fourth-order valence-corrected chi connectivity index (χ4v) is 4.03. The molecule has 0 bridgehead atoms. The Labute approximate surface area is 193 Å². The molecule has 1 amide bonds. The number of carbonyl (C=O) groups excluding carboxylic acids is 1. The summed E-state index contributed by atoms with van der Waals surface area (Å²) in [5, 5.41) is 2.29. The van der Waals surface area contributed by atoms with Gasteiger partial charge in [-0.05, 0) is 47.4 Å². The molecule has 0 fully saturated rings. The number of nitrogens with one attached hydrogen (secondary N) is 1. The average Bonchev–Trinajstić information content (AvgIpc) is 3.38. The normalized spacial score (nSPS) is 11.0. The number of amides is 1. The van der Waals surface area contributed by atoms with Gasteiger partial charge in [-0.1, -0.05) is 18.2 Å². The topological polar surface area (TPSA) is 91.7 Å². The summed E-state index contributed by atoms with van der Waals surface area (Å²) in [7, 11) is 4.55. The molecule has 4 rings (SSSR count). The van der Waals surface area contributed by atoms with Crippen LogP contribution in [0.15, 0.2) is 64.8 Å². The maximum absolute atomic E-state index is 13.1. The van der Waals surface area contributed by atoms with Crippen LogP contribution in [0.1, 0.15) is 5.56 Å². The third-order valence-corrected chi connectivity index (χ3v) is 5.72. The lowest BCUT2D eigenvalue weighted by atomic mass is 10.1. The highest BCUT2D eigenvalue weighted by Gasteiger charge is 2.15. The predicted molar refractivity (Wildman–Crippen MR) is 129 cm³/mol. The number of aromatic nitrogens is 2. The maximum atomic E-state index is 13.1. The van der Waals surface area contributed by atoms with E-state index in [9.17, 15) is 9.59 Å². The molecule has 0 aliphatic heterocycles. The van der Waals surface area contributed by atoms with Crippen LogP contribution in [0.2, 0.25) is 0 Å². The summed E-state index contributed by atoms with van der Waals surface area (Å²) in [4.78, 5) is 31.3. The first-order valence-electron chi connectivity index (χ1n) is 9.90. The van der Waals surface area contributed by atoms with Crippen LogP contribution in [0, 0.1) is 0 Å². The summed E-state index contributed by atoms with van der Waals surface area (Å²) >= 11 is 1.43. The van der Waals surface area contributed by atoms with E-state index in [1.165, 1.54) is 43.4 Å². The van der Waals surface area contributed by atoms with Gasteiger partial charge in [-0.25, -0.2) is 4.98 Å². The van der Waals surface area contributed by atoms with Gasteiger partial charge in [0, 0.05) is 6.08 Å². The first-order chi connectivity index (χ1) is 16.0. The van der Waals surface area contributed by atoms with Crippen LogP contribution in [0.5, 0.6) is 17.2 Å². The van der Waals surface area contributed by atoms with E-state index in [-0.39, 0.29) is 5.56 Å². The van der Waals surface area contributed by atoms with E-state index in [4.69, 9.17) is 14.2 Å². The smallest absolute Gasteiger partial charge is 0.280 e. The van der Waals surface area contributed by atoms with Crippen molar-refractivity contribution in [2.75, 3.05) is 26.8 Å². The van der Waals surface area contributed by atoms with Gasteiger partial charge < -0.3 is 14.2 Å². The monoisotopic (exact) mass is 463 g/mol. The Morgan fingerprint density at radius 1 is 1.03 bits per heavy atom. The molecule has 33 heavy (non-hydrogen) atoms. The van der Waals surface area contributed by atoms with Gasteiger partial charge in [-0.3, -0.25) is 15.0 Å². The van der Waals surface area contributed by atoms with Gasteiger partial charge in [-0.2, -0.15) is 4.68 Å². The fraction of sp³-hybridized carbons (Fsp3) is 0.125. The van der Waals surface area contributed by atoms with Crippen LogP contribution in [-0.2, 0) is 4.79 Å². The largest absolute Gasteiger partial charge is 0.493 e. The second-order valence-electron chi connectivity index (χ2n) is 6.84. The lowest BCUT2D eigenvalue weighted by molar-refractivity contribution is -0.112. The molecule has 1 N–H and O–H groups in total. The van der Waals surface area contributed by atoms with Crippen molar-refractivity contribution in [3.63, 3.8) is 0 Å². The van der Waals surface area contributed by atoms with Crippen LogP contribution < -0.4 is 25.2 Å². The Bertz CT molecular complexity index is 1370. The van der Waals surface area contributed by atoms with E-state index < -0.39 is 5.91 Å². The number of benzene rings is 2. The van der Waals surface area contributed by atoms with Crippen molar-refractivity contribution < 1.29 is 19.0 Å². The number of methoxy groups -OCH3 is 3. The summed E-state index contributed by atoms with van der Waals surface area (Å²) < 4.78 is 17.2. The molecule has 0 aliphatic carbocycles. The molecule has 8 nitrogen and oxygen atoms in total. The number of ether oxygens (including phenoxy) is 3. The third-order valence-electron chi connectivity index (χ3n) is 4.85. The zero-order valence-electron chi connectivity index (χ0n) is 18.2. The number of hydrogen-bond acceptors (Lipinski definition) is 7. The number of para-hydroxylation sites is 1. The Kier molecular flexibility index (Phi) is 6.41. The van der Waals surface area contributed by atoms with E-state index in [0.717, 1.165) is 4.88 Å². The van der Waals surface area contributed by atoms with E-state index >= 15 is 0 Å². The van der Waals surface area contributed by atoms with Crippen LogP contribution in [-0.4, -0.2) is 36.9 Å². The van der Waals surface area contributed by atoms with Gasteiger partial charge in [-0.15, -0.1) is 11.3 Å². The average molecular weight is 464 g/mol. The Morgan fingerprint density at radius 2 is 1.76 bits per heavy atom.